The number of nitrogens with one attached hydrogen (secondary N) is 1. The minimum atomic E-state index is -3.74. The number of hydrogen-bond donors (Lipinski definition) is 1. The third kappa shape index (κ3) is 4.76. The Bertz CT molecular complexity index is 748. The summed E-state index contributed by atoms with van der Waals surface area (Å²) in [5.74, 6) is 0.601. The summed E-state index contributed by atoms with van der Waals surface area (Å²) in [6.45, 7) is 0.257. The van der Waals surface area contributed by atoms with Gasteiger partial charge in [0.1, 0.15) is 17.3 Å². The molecule has 0 fully saturated rings. The van der Waals surface area contributed by atoms with Gasteiger partial charge >= 0.3 is 0 Å². The Labute approximate surface area is 144 Å². The zero-order chi connectivity index (χ0) is 16.2. The summed E-state index contributed by atoms with van der Waals surface area (Å²) in [6.07, 6.45) is 0. The van der Waals surface area contributed by atoms with Crippen molar-refractivity contribution >= 4 is 44.8 Å². The molecule has 0 heterocycles. The van der Waals surface area contributed by atoms with Gasteiger partial charge in [0, 0.05) is 16.6 Å². The topological polar surface area (TPSA) is 55.4 Å². The van der Waals surface area contributed by atoms with Crippen LogP contribution in [0.5, 0.6) is 5.75 Å². The fraction of sp³-hybridized carbons (Fsp3) is 0.143. The molecule has 0 aliphatic rings. The van der Waals surface area contributed by atoms with Crippen molar-refractivity contribution in [2.45, 2.75) is 4.90 Å². The zero-order valence-corrected chi connectivity index (χ0v) is 14.3. The minimum absolute atomic E-state index is 0.0619. The van der Waals surface area contributed by atoms with E-state index in [1.165, 1.54) is 18.2 Å². The van der Waals surface area contributed by atoms with Crippen LogP contribution in [0.15, 0.2) is 47.4 Å². The van der Waals surface area contributed by atoms with Crippen molar-refractivity contribution in [1.82, 2.24) is 4.72 Å². The number of rotatable bonds is 6. The molecule has 8 heteroatoms. The summed E-state index contributed by atoms with van der Waals surface area (Å²) in [7, 11) is -3.74. The lowest BCUT2D eigenvalue weighted by Gasteiger charge is -2.10. The Morgan fingerprint density at radius 3 is 2.27 bits per heavy atom. The van der Waals surface area contributed by atoms with E-state index in [-0.39, 0.29) is 23.1 Å². The maximum atomic E-state index is 12.1. The molecule has 0 aliphatic carbocycles. The quantitative estimate of drug-likeness (QED) is 0.771. The van der Waals surface area contributed by atoms with Gasteiger partial charge in [0.25, 0.3) is 0 Å². The Kier molecular flexibility index (Phi) is 5.94. The Hall–Kier alpha value is -0.980. The van der Waals surface area contributed by atoms with Gasteiger partial charge in [-0.2, -0.15) is 0 Å². The highest BCUT2D eigenvalue weighted by molar-refractivity contribution is 7.89. The number of benzene rings is 2. The second-order valence-corrected chi connectivity index (χ2v) is 7.29. The summed E-state index contributed by atoms with van der Waals surface area (Å²) in [5, 5.41) is 1.00. The van der Waals surface area contributed by atoms with Crippen LogP contribution in [0.25, 0.3) is 0 Å². The highest BCUT2D eigenvalue weighted by Gasteiger charge is 2.17. The van der Waals surface area contributed by atoms with Crippen molar-refractivity contribution in [2.75, 3.05) is 13.2 Å². The van der Waals surface area contributed by atoms with Crippen LogP contribution in [-0.4, -0.2) is 21.6 Å². The normalized spacial score (nSPS) is 11.4. The van der Waals surface area contributed by atoms with Crippen LogP contribution in [0.3, 0.4) is 0 Å². The molecule has 118 valence electrons. The predicted molar refractivity (Wildman–Crippen MR) is 88.6 cm³/mol. The second kappa shape index (κ2) is 7.53. The average Bonchev–Trinajstić information content (AvgIpc) is 2.48. The van der Waals surface area contributed by atoms with E-state index in [2.05, 4.69) is 4.72 Å². The first kappa shape index (κ1) is 17.4. The van der Waals surface area contributed by atoms with Crippen LogP contribution in [0.4, 0.5) is 0 Å². The molecule has 0 aromatic heterocycles. The molecule has 2 rings (SSSR count). The molecule has 0 amide bonds. The van der Waals surface area contributed by atoms with E-state index in [0.29, 0.717) is 15.8 Å². The highest BCUT2D eigenvalue weighted by atomic mass is 35.5. The van der Waals surface area contributed by atoms with Gasteiger partial charge < -0.3 is 4.74 Å². The molecule has 0 radical (unpaired) electrons. The van der Waals surface area contributed by atoms with Gasteiger partial charge in [-0.25, -0.2) is 13.1 Å². The number of ether oxygens (including phenoxy) is 1. The van der Waals surface area contributed by atoms with E-state index < -0.39 is 10.0 Å². The van der Waals surface area contributed by atoms with Gasteiger partial charge in [0.05, 0.1) is 5.02 Å². The van der Waals surface area contributed by atoms with Gasteiger partial charge in [-0.05, 0) is 42.5 Å². The first-order valence-corrected chi connectivity index (χ1v) is 8.83. The average molecular weight is 381 g/mol. The van der Waals surface area contributed by atoms with Gasteiger partial charge in [0.2, 0.25) is 10.0 Å². The SMILES string of the molecule is O=S(=O)(NCCOc1ccc(Cl)cc1)c1cc(Cl)ccc1Cl. The fourth-order valence-corrected chi connectivity index (χ4v) is 3.54. The number of sulfonamides is 1. The molecule has 4 nitrogen and oxygen atoms in total. The summed E-state index contributed by atoms with van der Waals surface area (Å²) < 4.78 is 32.1. The third-order valence-corrected chi connectivity index (χ3v) is 5.09. The molecule has 0 bridgehead atoms. The molecule has 2 aromatic rings. The molecule has 0 unspecified atom stereocenters. The standard InChI is InChI=1S/C14H12Cl3NO3S/c15-10-1-4-12(5-2-10)21-8-7-18-22(19,20)14-9-11(16)3-6-13(14)17/h1-6,9,18H,7-8H2. The molecule has 0 saturated heterocycles. The molecule has 0 saturated carbocycles. The molecule has 0 atom stereocenters. The lowest BCUT2D eigenvalue weighted by Crippen LogP contribution is -2.28. The zero-order valence-electron chi connectivity index (χ0n) is 11.2. The number of hydrogen-bond acceptors (Lipinski definition) is 3. The van der Waals surface area contributed by atoms with Gasteiger partial charge in [0.15, 0.2) is 0 Å². The van der Waals surface area contributed by atoms with E-state index in [9.17, 15) is 8.42 Å². The lowest BCUT2D eigenvalue weighted by atomic mass is 10.3. The van der Waals surface area contributed by atoms with Crippen LogP contribution in [0.1, 0.15) is 0 Å². The highest BCUT2D eigenvalue weighted by Crippen LogP contribution is 2.24. The molecular weight excluding hydrogens is 369 g/mol. The van der Waals surface area contributed by atoms with Crippen molar-refractivity contribution < 1.29 is 13.2 Å². The predicted octanol–water partition coefficient (Wildman–Crippen LogP) is 4.00. The van der Waals surface area contributed by atoms with E-state index in [4.69, 9.17) is 39.5 Å². The van der Waals surface area contributed by atoms with Crippen molar-refractivity contribution in [1.29, 1.82) is 0 Å². The third-order valence-electron chi connectivity index (χ3n) is 2.66. The summed E-state index contributed by atoms with van der Waals surface area (Å²) in [5.41, 5.74) is 0. The Morgan fingerprint density at radius 1 is 0.955 bits per heavy atom. The smallest absolute Gasteiger partial charge is 0.242 e. The van der Waals surface area contributed by atoms with Crippen molar-refractivity contribution in [3.05, 3.63) is 57.5 Å². The van der Waals surface area contributed by atoms with Crippen LogP contribution in [0, 0.1) is 0 Å². The summed E-state index contributed by atoms with van der Waals surface area (Å²) in [4.78, 5) is -0.0619. The largest absolute Gasteiger partial charge is 0.492 e. The van der Waals surface area contributed by atoms with E-state index in [0.717, 1.165) is 0 Å². The number of halogens is 3. The van der Waals surface area contributed by atoms with Gasteiger partial charge in [-0.1, -0.05) is 34.8 Å². The first-order valence-electron chi connectivity index (χ1n) is 6.21. The van der Waals surface area contributed by atoms with Crippen LogP contribution in [-0.2, 0) is 10.0 Å². The Balaban J connectivity index is 1.93. The summed E-state index contributed by atoms with van der Waals surface area (Å²) in [6, 6.07) is 11.0. The fourth-order valence-electron chi connectivity index (χ4n) is 1.64. The van der Waals surface area contributed by atoms with Gasteiger partial charge in [-0.15, -0.1) is 0 Å². The van der Waals surface area contributed by atoms with Gasteiger partial charge in [-0.3, -0.25) is 0 Å². The lowest BCUT2D eigenvalue weighted by molar-refractivity contribution is 0.323. The van der Waals surface area contributed by atoms with E-state index >= 15 is 0 Å². The van der Waals surface area contributed by atoms with Crippen LogP contribution in [0.2, 0.25) is 15.1 Å². The maximum Gasteiger partial charge on any atom is 0.242 e. The van der Waals surface area contributed by atoms with E-state index in [1.54, 1.807) is 24.3 Å². The molecule has 0 aliphatic heterocycles. The van der Waals surface area contributed by atoms with Crippen LogP contribution < -0.4 is 9.46 Å². The van der Waals surface area contributed by atoms with Crippen molar-refractivity contribution in [2.24, 2.45) is 0 Å². The van der Waals surface area contributed by atoms with Crippen molar-refractivity contribution in [3.63, 3.8) is 0 Å². The minimum Gasteiger partial charge on any atom is -0.492 e. The second-order valence-electron chi connectivity index (χ2n) is 4.27. The molecule has 2 aromatic carbocycles. The maximum absolute atomic E-state index is 12.1. The van der Waals surface area contributed by atoms with Crippen LogP contribution >= 0.6 is 34.8 Å². The first-order chi connectivity index (χ1) is 10.4. The van der Waals surface area contributed by atoms with E-state index in [1.807, 2.05) is 0 Å². The molecule has 0 spiro atoms. The molecule has 1 N–H and O–H groups in total. The Morgan fingerprint density at radius 2 is 1.59 bits per heavy atom. The molecular formula is C14H12Cl3NO3S. The monoisotopic (exact) mass is 379 g/mol. The van der Waals surface area contributed by atoms with Crippen molar-refractivity contribution in [3.8, 4) is 5.75 Å². The summed E-state index contributed by atoms with van der Waals surface area (Å²) >= 11 is 17.4. The molecule has 22 heavy (non-hydrogen) atoms.